The SMILES string of the molecule is O=C(O)C[C@@H]1C[C@H](F)CN1c1ncnc2sc3c(c12)CCCC3. The minimum atomic E-state index is -1.00. The van der Waals surface area contributed by atoms with Gasteiger partial charge in [-0.15, -0.1) is 11.3 Å². The van der Waals surface area contributed by atoms with Crippen LogP contribution in [0.2, 0.25) is 0 Å². The first-order chi connectivity index (χ1) is 11.1. The van der Waals surface area contributed by atoms with Gasteiger partial charge in [0.15, 0.2) is 0 Å². The second-order valence-electron chi connectivity index (χ2n) is 6.33. The van der Waals surface area contributed by atoms with E-state index in [-0.39, 0.29) is 25.4 Å². The Morgan fingerprint density at radius 1 is 1.39 bits per heavy atom. The minimum absolute atomic E-state index is 0.0573. The summed E-state index contributed by atoms with van der Waals surface area (Å²) >= 11 is 1.70. The van der Waals surface area contributed by atoms with Gasteiger partial charge < -0.3 is 10.0 Å². The zero-order valence-electron chi connectivity index (χ0n) is 12.7. The number of carboxylic acid groups (broad SMARTS) is 1. The number of anilines is 1. The first-order valence-corrected chi connectivity index (χ1v) is 8.83. The van der Waals surface area contributed by atoms with Crippen molar-refractivity contribution in [3.63, 3.8) is 0 Å². The predicted molar refractivity (Wildman–Crippen MR) is 87.0 cm³/mol. The number of rotatable bonds is 3. The molecule has 0 saturated carbocycles. The van der Waals surface area contributed by atoms with Crippen molar-refractivity contribution in [2.75, 3.05) is 11.4 Å². The van der Waals surface area contributed by atoms with Crippen molar-refractivity contribution in [3.05, 3.63) is 16.8 Å². The van der Waals surface area contributed by atoms with E-state index in [1.165, 1.54) is 23.2 Å². The van der Waals surface area contributed by atoms with E-state index in [1.807, 2.05) is 4.90 Å². The van der Waals surface area contributed by atoms with Crippen LogP contribution in [0.15, 0.2) is 6.33 Å². The predicted octanol–water partition coefficient (Wildman–Crippen LogP) is 2.96. The highest BCUT2D eigenvalue weighted by Gasteiger charge is 2.36. The maximum atomic E-state index is 13.9. The Bertz CT molecular complexity index is 763. The lowest BCUT2D eigenvalue weighted by atomic mass is 9.97. The van der Waals surface area contributed by atoms with Gasteiger partial charge in [-0.2, -0.15) is 0 Å². The van der Waals surface area contributed by atoms with E-state index in [4.69, 9.17) is 5.11 Å². The zero-order chi connectivity index (χ0) is 16.0. The number of aromatic nitrogens is 2. The van der Waals surface area contributed by atoms with Crippen molar-refractivity contribution in [3.8, 4) is 0 Å². The van der Waals surface area contributed by atoms with E-state index in [1.54, 1.807) is 11.3 Å². The van der Waals surface area contributed by atoms with Gasteiger partial charge in [0.2, 0.25) is 0 Å². The van der Waals surface area contributed by atoms with Crippen LogP contribution in [-0.2, 0) is 17.6 Å². The third-order valence-corrected chi connectivity index (χ3v) is 5.98. The van der Waals surface area contributed by atoms with Gasteiger partial charge in [-0.3, -0.25) is 4.79 Å². The molecule has 5 nitrogen and oxygen atoms in total. The molecule has 1 N–H and O–H groups in total. The van der Waals surface area contributed by atoms with E-state index in [0.29, 0.717) is 0 Å². The van der Waals surface area contributed by atoms with Crippen molar-refractivity contribution in [1.82, 2.24) is 9.97 Å². The number of fused-ring (bicyclic) bond motifs is 3. The van der Waals surface area contributed by atoms with Gasteiger partial charge in [0.1, 0.15) is 23.1 Å². The summed E-state index contributed by atoms with van der Waals surface area (Å²) in [4.78, 5) is 24.1. The summed E-state index contributed by atoms with van der Waals surface area (Å²) in [6.07, 6.45) is 5.13. The van der Waals surface area contributed by atoms with Crippen LogP contribution in [0.3, 0.4) is 0 Å². The number of aliphatic carboxylic acids is 1. The number of carboxylic acids is 1. The molecule has 1 saturated heterocycles. The van der Waals surface area contributed by atoms with Crippen LogP contribution in [0.1, 0.15) is 36.1 Å². The van der Waals surface area contributed by atoms with Crippen LogP contribution >= 0.6 is 11.3 Å². The molecule has 0 aromatic carbocycles. The molecular formula is C16H18FN3O2S. The Labute approximate surface area is 137 Å². The standard InChI is InChI=1S/C16H18FN3O2S/c17-9-5-10(6-13(21)22)20(7-9)15-14-11-3-1-2-4-12(11)23-16(14)19-8-18-15/h8-10H,1-7H2,(H,21,22)/t9-,10-/m0/s1. The molecule has 2 aliphatic rings. The van der Waals surface area contributed by atoms with Crippen molar-refractivity contribution in [2.45, 2.75) is 50.7 Å². The molecule has 2 aromatic heterocycles. The molecule has 2 aromatic rings. The van der Waals surface area contributed by atoms with Gasteiger partial charge in [0.05, 0.1) is 18.4 Å². The molecule has 0 spiro atoms. The molecule has 0 bridgehead atoms. The van der Waals surface area contributed by atoms with E-state index in [2.05, 4.69) is 9.97 Å². The lowest BCUT2D eigenvalue weighted by Gasteiger charge is -2.25. The summed E-state index contributed by atoms with van der Waals surface area (Å²) in [6.45, 7) is 0.217. The second kappa shape index (κ2) is 5.70. The van der Waals surface area contributed by atoms with Crippen molar-refractivity contribution in [2.24, 2.45) is 0 Å². The first-order valence-electron chi connectivity index (χ1n) is 8.01. The topological polar surface area (TPSA) is 66.3 Å². The van der Waals surface area contributed by atoms with Crippen molar-refractivity contribution < 1.29 is 14.3 Å². The Morgan fingerprint density at radius 3 is 3.04 bits per heavy atom. The molecule has 1 aliphatic carbocycles. The van der Waals surface area contributed by atoms with Crippen LogP contribution in [0.5, 0.6) is 0 Å². The monoisotopic (exact) mass is 335 g/mol. The number of hydrogen-bond donors (Lipinski definition) is 1. The third-order valence-electron chi connectivity index (χ3n) is 4.78. The van der Waals surface area contributed by atoms with E-state index < -0.39 is 12.1 Å². The maximum Gasteiger partial charge on any atom is 0.305 e. The van der Waals surface area contributed by atoms with Crippen LogP contribution in [0.4, 0.5) is 10.2 Å². The number of hydrogen-bond acceptors (Lipinski definition) is 5. The molecule has 0 radical (unpaired) electrons. The molecule has 7 heteroatoms. The Hall–Kier alpha value is -1.76. The normalized spacial score (nSPS) is 24.1. The van der Waals surface area contributed by atoms with Crippen LogP contribution in [0, 0.1) is 0 Å². The van der Waals surface area contributed by atoms with E-state index in [9.17, 15) is 9.18 Å². The summed E-state index contributed by atoms with van der Waals surface area (Å²) in [5, 5.41) is 10.1. The average Bonchev–Trinajstić information content (AvgIpc) is 3.06. The van der Waals surface area contributed by atoms with Crippen LogP contribution < -0.4 is 4.90 Å². The summed E-state index contributed by atoms with van der Waals surface area (Å²) < 4.78 is 13.9. The third kappa shape index (κ3) is 2.56. The summed E-state index contributed by atoms with van der Waals surface area (Å²) in [7, 11) is 0. The van der Waals surface area contributed by atoms with Gasteiger partial charge in [-0.1, -0.05) is 0 Å². The fraction of sp³-hybridized carbons (Fsp3) is 0.562. The van der Waals surface area contributed by atoms with Crippen LogP contribution in [-0.4, -0.2) is 39.8 Å². The van der Waals surface area contributed by atoms with Crippen molar-refractivity contribution >= 4 is 33.3 Å². The number of halogens is 1. The van der Waals surface area contributed by atoms with Gasteiger partial charge in [0, 0.05) is 17.3 Å². The number of carbonyl (C=O) groups is 1. The lowest BCUT2D eigenvalue weighted by molar-refractivity contribution is -0.137. The Balaban J connectivity index is 1.81. The van der Waals surface area contributed by atoms with Gasteiger partial charge >= 0.3 is 5.97 Å². The summed E-state index contributed by atoms with van der Waals surface area (Å²) in [6, 6.07) is -0.334. The summed E-state index contributed by atoms with van der Waals surface area (Å²) in [5.74, 6) is -0.174. The quantitative estimate of drug-likeness (QED) is 0.934. The van der Waals surface area contributed by atoms with Gasteiger partial charge in [0.25, 0.3) is 0 Å². The number of alkyl halides is 1. The second-order valence-corrected chi connectivity index (χ2v) is 7.41. The highest BCUT2D eigenvalue weighted by molar-refractivity contribution is 7.19. The average molecular weight is 335 g/mol. The Morgan fingerprint density at radius 2 is 2.22 bits per heavy atom. The van der Waals surface area contributed by atoms with Crippen molar-refractivity contribution in [1.29, 1.82) is 0 Å². The van der Waals surface area contributed by atoms with E-state index in [0.717, 1.165) is 35.3 Å². The molecule has 2 atom stereocenters. The zero-order valence-corrected chi connectivity index (χ0v) is 13.5. The minimum Gasteiger partial charge on any atom is -0.481 e. The molecule has 1 fully saturated rings. The Kier molecular flexibility index (Phi) is 3.67. The molecular weight excluding hydrogens is 317 g/mol. The number of nitrogens with zero attached hydrogens (tertiary/aromatic N) is 3. The molecule has 4 rings (SSSR count). The first kappa shape index (κ1) is 14.8. The van der Waals surface area contributed by atoms with Gasteiger partial charge in [-0.05, 0) is 31.2 Å². The fourth-order valence-electron chi connectivity index (χ4n) is 3.81. The highest BCUT2D eigenvalue weighted by Crippen LogP contribution is 2.41. The van der Waals surface area contributed by atoms with E-state index >= 15 is 0 Å². The highest BCUT2D eigenvalue weighted by atomic mass is 32.1. The molecule has 122 valence electrons. The molecule has 0 unspecified atom stereocenters. The summed E-state index contributed by atoms with van der Waals surface area (Å²) in [5.41, 5.74) is 1.29. The van der Waals surface area contributed by atoms with Gasteiger partial charge in [-0.25, -0.2) is 14.4 Å². The molecule has 1 aliphatic heterocycles. The maximum absolute atomic E-state index is 13.9. The number of thiophene rings is 1. The van der Waals surface area contributed by atoms with Crippen LogP contribution in [0.25, 0.3) is 10.2 Å². The largest absolute Gasteiger partial charge is 0.481 e. The molecule has 0 amide bonds. The molecule has 23 heavy (non-hydrogen) atoms. The lowest BCUT2D eigenvalue weighted by Crippen LogP contribution is -2.32. The fourth-order valence-corrected chi connectivity index (χ4v) is 5.03. The smallest absolute Gasteiger partial charge is 0.305 e. The molecule has 3 heterocycles. The number of aryl methyl sites for hydroxylation is 2.